The smallest absolute Gasteiger partial charge is 0.124 e. The van der Waals surface area contributed by atoms with Crippen molar-refractivity contribution in [2.75, 3.05) is 37.6 Å². The fraction of sp³-hybridized carbons (Fsp3) is 0.625. The zero-order valence-corrected chi connectivity index (χ0v) is 17.9. The van der Waals surface area contributed by atoms with E-state index in [2.05, 4.69) is 34.7 Å². The number of nitrogens with zero attached hydrogens (tertiary/aromatic N) is 3. The predicted octanol–water partition coefficient (Wildman–Crippen LogP) is 5.80. The highest BCUT2D eigenvalue weighted by atomic mass is 19.1. The van der Waals surface area contributed by atoms with Crippen molar-refractivity contribution in [2.24, 2.45) is 5.92 Å². The average molecular weight is 386 g/mol. The largest absolute Gasteiger partial charge is 0.371 e. The molecule has 0 bridgehead atoms. The first-order valence-electron chi connectivity index (χ1n) is 11.1. The molecule has 0 unspecified atom stereocenters. The lowest BCUT2D eigenvalue weighted by atomic mass is 9.91. The van der Waals surface area contributed by atoms with Crippen molar-refractivity contribution in [2.45, 2.75) is 59.3 Å². The normalized spacial score (nSPS) is 15.7. The molecular weight excluding hydrogens is 349 g/mol. The molecule has 1 aromatic heterocycles. The van der Waals surface area contributed by atoms with Gasteiger partial charge in [0.2, 0.25) is 0 Å². The summed E-state index contributed by atoms with van der Waals surface area (Å²) in [5.74, 6) is 0.662. The Kier molecular flexibility index (Phi) is 7.66. The number of rotatable bonds is 9. The second kappa shape index (κ2) is 10.2. The number of aryl methyl sites for hydroxylation is 1. The molecule has 0 atom stereocenters. The first kappa shape index (κ1) is 21.0. The summed E-state index contributed by atoms with van der Waals surface area (Å²) in [5.41, 5.74) is 3.05. The van der Waals surface area contributed by atoms with Crippen LogP contribution in [-0.2, 0) is 0 Å². The van der Waals surface area contributed by atoms with Gasteiger partial charge in [0.25, 0.3) is 0 Å². The van der Waals surface area contributed by atoms with Crippen molar-refractivity contribution < 1.29 is 4.39 Å². The van der Waals surface area contributed by atoms with Gasteiger partial charge in [0.1, 0.15) is 5.82 Å². The van der Waals surface area contributed by atoms with Gasteiger partial charge in [-0.25, -0.2) is 4.39 Å². The molecule has 2 aromatic rings. The molecule has 4 heteroatoms. The maximum Gasteiger partial charge on any atom is 0.124 e. The molecule has 0 saturated carbocycles. The molecule has 0 amide bonds. The van der Waals surface area contributed by atoms with Crippen LogP contribution in [0, 0.1) is 18.7 Å². The van der Waals surface area contributed by atoms with Gasteiger partial charge >= 0.3 is 0 Å². The molecule has 2 heterocycles. The van der Waals surface area contributed by atoms with E-state index < -0.39 is 0 Å². The minimum Gasteiger partial charge on any atom is -0.371 e. The molecule has 3 nitrogen and oxygen atoms in total. The number of fused-ring (bicyclic) bond motifs is 1. The van der Waals surface area contributed by atoms with Crippen LogP contribution in [0.15, 0.2) is 24.3 Å². The SMILES string of the molecule is CCN(CC)CCCCCC1CCN(c2cc(C)nc3ccc(F)cc23)CC1. The van der Waals surface area contributed by atoms with E-state index >= 15 is 0 Å². The summed E-state index contributed by atoms with van der Waals surface area (Å²) in [4.78, 5) is 9.53. The summed E-state index contributed by atoms with van der Waals surface area (Å²) < 4.78 is 13.8. The number of anilines is 1. The summed E-state index contributed by atoms with van der Waals surface area (Å²) in [7, 11) is 0. The Labute approximate surface area is 169 Å². The molecule has 0 aliphatic carbocycles. The maximum atomic E-state index is 13.8. The van der Waals surface area contributed by atoms with Crippen LogP contribution >= 0.6 is 0 Å². The van der Waals surface area contributed by atoms with Gasteiger partial charge in [-0.2, -0.15) is 0 Å². The van der Waals surface area contributed by atoms with Crippen molar-refractivity contribution in [3.63, 3.8) is 0 Å². The third-order valence-corrected chi connectivity index (χ3v) is 6.31. The molecule has 0 N–H and O–H groups in total. The highest BCUT2D eigenvalue weighted by Gasteiger charge is 2.21. The number of pyridine rings is 1. The standard InChI is InChI=1S/C24H36FN3/c1-4-27(5-2)14-8-6-7-9-20-12-15-28(16-13-20)24-17-19(3)26-23-11-10-21(25)18-22(23)24/h10-11,17-18,20H,4-9,12-16H2,1-3H3. The van der Waals surface area contributed by atoms with Crippen molar-refractivity contribution in [3.8, 4) is 0 Å². The van der Waals surface area contributed by atoms with Gasteiger partial charge in [0.15, 0.2) is 0 Å². The molecule has 1 fully saturated rings. The fourth-order valence-electron chi connectivity index (χ4n) is 4.52. The molecule has 28 heavy (non-hydrogen) atoms. The Morgan fingerprint density at radius 3 is 2.54 bits per heavy atom. The van der Waals surface area contributed by atoms with Gasteiger partial charge in [-0.15, -0.1) is 0 Å². The molecule has 0 radical (unpaired) electrons. The summed E-state index contributed by atoms with van der Waals surface area (Å²) in [5, 5.41) is 0.945. The number of unbranched alkanes of at least 4 members (excludes halogenated alkanes) is 2. The topological polar surface area (TPSA) is 19.4 Å². The highest BCUT2D eigenvalue weighted by Crippen LogP contribution is 2.32. The van der Waals surface area contributed by atoms with Crippen LogP contribution in [0.2, 0.25) is 0 Å². The van der Waals surface area contributed by atoms with Crippen LogP contribution < -0.4 is 4.90 Å². The summed E-state index contributed by atoms with van der Waals surface area (Å²) in [6.45, 7) is 12.2. The molecule has 154 valence electrons. The molecule has 1 aliphatic heterocycles. The van der Waals surface area contributed by atoms with Crippen molar-refractivity contribution in [3.05, 3.63) is 35.8 Å². The van der Waals surface area contributed by atoms with Gasteiger partial charge < -0.3 is 9.80 Å². The maximum absolute atomic E-state index is 13.8. The molecule has 1 aromatic carbocycles. The van der Waals surface area contributed by atoms with Crippen molar-refractivity contribution in [1.29, 1.82) is 0 Å². The van der Waals surface area contributed by atoms with E-state index in [0.29, 0.717) is 0 Å². The van der Waals surface area contributed by atoms with Gasteiger partial charge in [0, 0.05) is 29.9 Å². The Bertz CT molecular complexity index is 749. The Hall–Kier alpha value is -1.68. The Morgan fingerprint density at radius 1 is 1.07 bits per heavy atom. The van der Waals surface area contributed by atoms with Gasteiger partial charge in [0.05, 0.1) is 5.52 Å². The highest BCUT2D eigenvalue weighted by molar-refractivity contribution is 5.92. The predicted molar refractivity (Wildman–Crippen MR) is 118 cm³/mol. The molecule has 3 rings (SSSR count). The number of hydrogen-bond donors (Lipinski definition) is 0. The van der Waals surface area contributed by atoms with Crippen molar-refractivity contribution in [1.82, 2.24) is 9.88 Å². The Balaban J connectivity index is 1.49. The lowest BCUT2D eigenvalue weighted by Crippen LogP contribution is -2.33. The van der Waals surface area contributed by atoms with E-state index in [9.17, 15) is 4.39 Å². The van der Waals surface area contributed by atoms with E-state index in [0.717, 1.165) is 41.3 Å². The average Bonchev–Trinajstić information content (AvgIpc) is 2.71. The molecule has 1 saturated heterocycles. The molecule has 0 spiro atoms. The zero-order valence-electron chi connectivity index (χ0n) is 17.9. The van der Waals surface area contributed by atoms with Crippen LogP contribution in [0.4, 0.5) is 10.1 Å². The third-order valence-electron chi connectivity index (χ3n) is 6.31. The van der Waals surface area contributed by atoms with Crippen LogP contribution in [-0.4, -0.2) is 42.6 Å². The van der Waals surface area contributed by atoms with Gasteiger partial charge in [-0.05, 0) is 76.0 Å². The lowest BCUT2D eigenvalue weighted by molar-refractivity contribution is 0.291. The van der Waals surface area contributed by atoms with Crippen LogP contribution in [0.25, 0.3) is 10.9 Å². The van der Waals surface area contributed by atoms with Crippen LogP contribution in [0.5, 0.6) is 0 Å². The van der Waals surface area contributed by atoms with E-state index in [-0.39, 0.29) is 5.82 Å². The second-order valence-corrected chi connectivity index (χ2v) is 8.25. The number of aromatic nitrogens is 1. The number of hydrogen-bond acceptors (Lipinski definition) is 3. The summed E-state index contributed by atoms with van der Waals surface area (Å²) in [6.07, 6.45) is 7.88. The third kappa shape index (κ3) is 5.44. The quantitative estimate of drug-likeness (QED) is 0.509. The summed E-state index contributed by atoms with van der Waals surface area (Å²) >= 11 is 0. The monoisotopic (exact) mass is 385 g/mol. The zero-order chi connectivity index (χ0) is 19.9. The molecular formula is C24H36FN3. The second-order valence-electron chi connectivity index (χ2n) is 8.25. The Morgan fingerprint density at radius 2 is 1.82 bits per heavy atom. The van der Waals surface area contributed by atoms with E-state index in [4.69, 9.17) is 0 Å². The summed E-state index contributed by atoms with van der Waals surface area (Å²) in [6, 6.07) is 7.06. The van der Waals surface area contributed by atoms with Crippen molar-refractivity contribution >= 4 is 16.6 Å². The van der Waals surface area contributed by atoms with Gasteiger partial charge in [-0.3, -0.25) is 4.98 Å². The first-order valence-corrected chi connectivity index (χ1v) is 11.1. The number of benzene rings is 1. The first-order chi connectivity index (χ1) is 13.6. The van der Waals surface area contributed by atoms with E-state index in [1.807, 2.05) is 6.92 Å². The number of piperidine rings is 1. The number of halogens is 1. The minimum absolute atomic E-state index is 0.181. The van der Waals surface area contributed by atoms with Crippen LogP contribution in [0.3, 0.4) is 0 Å². The van der Waals surface area contributed by atoms with Gasteiger partial charge in [-0.1, -0.05) is 33.1 Å². The van der Waals surface area contributed by atoms with Crippen LogP contribution in [0.1, 0.15) is 58.1 Å². The minimum atomic E-state index is -0.181. The van der Waals surface area contributed by atoms with E-state index in [1.54, 1.807) is 12.1 Å². The van der Waals surface area contributed by atoms with E-state index in [1.165, 1.54) is 64.2 Å². The molecule has 1 aliphatic rings. The lowest BCUT2D eigenvalue weighted by Gasteiger charge is -2.34. The fourth-order valence-corrected chi connectivity index (χ4v) is 4.52.